The zero-order valence-corrected chi connectivity index (χ0v) is 14.8. The van der Waals surface area contributed by atoms with Gasteiger partial charge in [-0.25, -0.2) is 0 Å². The number of hydrogen-bond donors (Lipinski definition) is 4. The molecule has 0 saturated carbocycles. The molecule has 27 heavy (non-hydrogen) atoms. The number of aromatic amines is 1. The number of carbonyl (C=O) groups excluding carboxylic acids is 3. The van der Waals surface area contributed by atoms with Gasteiger partial charge in [-0.1, -0.05) is 35.9 Å². The van der Waals surface area contributed by atoms with Crippen LogP contribution in [-0.4, -0.2) is 29.3 Å². The molecule has 0 radical (unpaired) electrons. The SMILES string of the molecule is Cc1cccc(C(=O)NCC(=O)NNC(=O)Cc2c[nH]c3ccccc23)c1. The molecule has 3 aromatic rings. The van der Waals surface area contributed by atoms with E-state index >= 15 is 0 Å². The molecule has 3 rings (SSSR count). The second-order valence-corrected chi connectivity index (χ2v) is 6.18. The van der Waals surface area contributed by atoms with Crippen LogP contribution in [0.4, 0.5) is 0 Å². The fraction of sp³-hybridized carbons (Fsp3) is 0.150. The molecule has 3 amide bonds. The van der Waals surface area contributed by atoms with Crippen LogP contribution in [0.3, 0.4) is 0 Å². The predicted molar refractivity (Wildman–Crippen MR) is 102 cm³/mol. The minimum absolute atomic E-state index is 0.125. The standard InChI is InChI=1S/C20H20N4O3/c1-13-5-4-6-14(9-13)20(27)22-12-19(26)24-23-18(25)10-15-11-21-17-8-3-2-7-16(15)17/h2-9,11,21H,10,12H2,1H3,(H,22,27)(H,23,25)(H,24,26). The highest BCUT2D eigenvalue weighted by Gasteiger charge is 2.11. The first kappa shape index (κ1) is 18.2. The van der Waals surface area contributed by atoms with Crippen molar-refractivity contribution in [3.63, 3.8) is 0 Å². The molecular formula is C20H20N4O3. The van der Waals surface area contributed by atoms with Crippen molar-refractivity contribution in [2.24, 2.45) is 0 Å². The zero-order chi connectivity index (χ0) is 19.2. The Balaban J connectivity index is 1.45. The van der Waals surface area contributed by atoms with Gasteiger partial charge in [-0.2, -0.15) is 0 Å². The quantitative estimate of drug-likeness (QED) is 0.517. The van der Waals surface area contributed by atoms with E-state index in [2.05, 4.69) is 21.2 Å². The van der Waals surface area contributed by atoms with Gasteiger partial charge in [0.25, 0.3) is 11.8 Å². The van der Waals surface area contributed by atoms with Gasteiger partial charge in [0.15, 0.2) is 0 Å². The Labute approximate surface area is 156 Å². The average Bonchev–Trinajstić information content (AvgIpc) is 3.07. The Morgan fingerprint density at radius 3 is 2.56 bits per heavy atom. The third kappa shape index (κ3) is 4.72. The Morgan fingerprint density at radius 2 is 1.74 bits per heavy atom. The number of carbonyl (C=O) groups is 3. The fourth-order valence-corrected chi connectivity index (χ4v) is 2.73. The number of benzene rings is 2. The predicted octanol–water partition coefficient (Wildman–Crippen LogP) is 1.60. The van der Waals surface area contributed by atoms with Crippen molar-refractivity contribution in [3.05, 3.63) is 71.4 Å². The van der Waals surface area contributed by atoms with Gasteiger partial charge in [-0.15, -0.1) is 0 Å². The number of rotatable bonds is 5. The van der Waals surface area contributed by atoms with E-state index in [1.807, 2.05) is 37.3 Å². The fourth-order valence-electron chi connectivity index (χ4n) is 2.73. The van der Waals surface area contributed by atoms with Gasteiger partial charge >= 0.3 is 0 Å². The van der Waals surface area contributed by atoms with Crippen LogP contribution in [0.5, 0.6) is 0 Å². The average molecular weight is 364 g/mol. The molecule has 0 atom stereocenters. The van der Waals surface area contributed by atoms with E-state index in [9.17, 15) is 14.4 Å². The summed E-state index contributed by atoms with van der Waals surface area (Å²) in [5.74, 6) is -1.21. The topological polar surface area (TPSA) is 103 Å². The summed E-state index contributed by atoms with van der Waals surface area (Å²) in [5, 5.41) is 3.47. The van der Waals surface area contributed by atoms with E-state index in [0.717, 1.165) is 22.0 Å². The van der Waals surface area contributed by atoms with Crippen LogP contribution in [0.25, 0.3) is 10.9 Å². The van der Waals surface area contributed by atoms with Gasteiger partial charge in [0.05, 0.1) is 13.0 Å². The highest BCUT2D eigenvalue weighted by atomic mass is 16.2. The number of H-pyrrole nitrogens is 1. The van der Waals surface area contributed by atoms with Gasteiger partial charge < -0.3 is 10.3 Å². The highest BCUT2D eigenvalue weighted by molar-refractivity contribution is 5.97. The number of aryl methyl sites for hydroxylation is 1. The third-order valence-electron chi connectivity index (χ3n) is 4.06. The van der Waals surface area contributed by atoms with Crippen molar-refractivity contribution in [2.75, 3.05) is 6.54 Å². The monoisotopic (exact) mass is 364 g/mol. The maximum atomic E-state index is 12.0. The van der Waals surface area contributed by atoms with Gasteiger partial charge in [0.1, 0.15) is 0 Å². The van der Waals surface area contributed by atoms with Crippen LogP contribution in [0.1, 0.15) is 21.5 Å². The molecule has 0 bridgehead atoms. The van der Waals surface area contributed by atoms with Gasteiger partial charge in [-0.05, 0) is 30.7 Å². The van der Waals surface area contributed by atoms with Crippen molar-refractivity contribution < 1.29 is 14.4 Å². The number of fused-ring (bicyclic) bond motifs is 1. The number of hydrazine groups is 1. The molecule has 1 aromatic heterocycles. The summed E-state index contributed by atoms with van der Waals surface area (Å²) in [6.07, 6.45) is 1.90. The first-order valence-electron chi connectivity index (χ1n) is 8.50. The van der Waals surface area contributed by atoms with E-state index in [4.69, 9.17) is 0 Å². The largest absolute Gasteiger partial charge is 0.361 e. The van der Waals surface area contributed by atoms with E-state index < -0.39 is 5.91 Å². The van der Waals surface area contributed by atoms with Crippen LogP contribution >= 0.6 is 0 Å². The lowest BCUT2D eigenvalue weighted by Gasteiger charge is -2.08. The second kappa shape index (κ2) is 8.18. The number of amides is 3. The summed E-state index contributed by atoms with van der Waals surface area (Å²) in [4.78, 5) is 38.9. The van der Waals surface area contributed by atoms with E-state index in [-0.39, 0.29) is 24.8 Å². The molecule has 4 N–H and O–H groups in total. The molecule has 0 unspecified atom stereocenters. The lowest BCUT2D eigenvalue weighted by molar-refractivity contribution is -0.128. The molecule has 0 fully saturated rings. The van der Waals surface area contributed by atoms with Crippen molar-refractivity contribution in [1.82, 2.24) is 21.2 Å². The molecule has 0 spiro atoms. The molecule has 0 saturated heterocycles. The molecule has 7 heteroatoms. The van der Waals surface area contributed by atoms with Crippen LogP contribution < -0.4 is 16.2 Å². The lowest BCUT2D eigenvalue weighted by Crippen LogP contribution is -2.46. The van der Waals surface area contributed by atoms with Crippen LogP contribution in [0.2, 0.25) is 0 Å². The number of hydrogen-bond acceptors (Lipinski definition) is 3. The molecule has 138 valence electrons. The Bertz CT molecular complexity index is 994. The van der Waals surface area contributed by atoms with E-state index in [1.165, 1.54) is 0 Å². The van der Waals surface area contributed by atoms with Crippen molar-refractivity contribution in [1.29, 1.82) is 0 Å². The molecule has 0 aliphatic heterocycles. The summed E-state index contributed by atoms with van der Waals surface area (Å²) in [5.41, 5.74) is 7.87. The van der Waals surface area contributed by atoms with Crippen molar-refractivity contribution >= 4 is 28.6 Å². The smallest absolute Gasteiger partial charge is 0.257 e. The van der Waals surface area contributed by atoms with Gasteiger partial charge in [-0.3, -0.25) is 25.2 Å². The van der Waals surface area contributed by atoms with Gasteiger partial charge in [0, 0.05) is 22.7 Å². The maximum Gasteiger partial charge on any atom is 0.257 e. The summed E-state index contributed by atoms with van der Waals surface area (Å²) in [6.45, 7) is 1.65. The normalized spacial score (nSPS) is 10.4. The van der Waals surface area contributed by atoms with E-state index in [0.29, 0.717) is 5.56 Å². The summed E-state index contributed by atoms with van der Waals surface area (Å²) < 4.78 is 0. The minimum atomic E-state index is -0.511. The third-order valence-corrected chi connectivity index (χ3v) is 4.06. The second-order valence-electron chi connectivity index (χ2n) is 6.18. The zero-order valence-electron chi connectivity index (χ0n) is 14.8. The van der Waals surface area contributed by atoms with Gasteiger partial charge in [0.2, 0.25) is 5.91 Å². The molecule has 2 aromatic carbocycles. The van der Waals surface area contributed by atoms with Crippen LogP contribution in [0, 0.1) is 6.92 Å². The first-order chi connectivity index (χ1) is 13.0. The molecule has 0 aliphatic rings. The lowest BCUT2D eigenvalue weighted by atomic mass is 10.1. The Morgan fingerprint density at radius 1 is 0.963 bits per heavy atom. The first-order valence-corrected chi connectivity index (χ1v) is 8.50. The molecule has 1 heterocycles. The Kier molecular flexibility index (Phi) is 5.51. The number of aromatic nitrogens is 1. The summed E-state index contributed by atoms with van der Waals surface area (Å²) in [7, 11) is 0. The minimum Gasteiger partial charge on any atom is -0.361 e. The van der Waals surface area contributed by atoms with Crippen LogP contribution in [0.15, 0.2) is 54.7 Å². The van der Waals surface area contributed by atoms with Crippen LogP contribution in [-0.2, 0) is 16.0 Å². The molecular weight excluding hydrogens is 344 g/mol. The van der Waals surface area contributed by atoms with E-state index in [1.54, 1.807) is 24.4 Å². The summed E-state index contributed by atoms with van der Waals surface area (Å²) >= 11 is 0. The Hall–Kier alpha value is -3.61. The van der Waals surface area contributed by atoms with Crippen molar-refractivity contribution in [2.45, 2.75) is 13.3 Å². The summed E-state index contributed by atoms with van der Waals surface area (Å²) in [6, 6.07) is 14.7. The maximum absolute atomic E-state index is 12.0. The molecule has 0 aliphatic carbocycles. The molecule has 7 nitrogen and oxygen atoms in total. The number of para-hydroxylation sites is 1. The van der Waals surface area contributed by atoms with Crippen molar-refractivity contribution in [3.8, 4) is 0 Å². The number of nitrogens with one attached hydrogen (secondary N) is 4. The highest BCUT2D eigenvalue weighted by Crippen LogP contribution is 2.17.